The van der Waals surface area contributed by atoms with Crippen molar-refractivity contribution >= 4 is 21.8 Å². The van der Waals surface area contributed by atoms with Gasteiger partial charge in [0.1, 0.15) is 5.82 Å². The summed E-state index contributed by atoms with van der Waals surface area (Å²) in [7, 11) is -3.76. The number of likely N-dealkylation sites (tertiary alicyclic amines) is 1. The molecule has 0 unspecified atom stereocenters. The molecule has 0 aliphatic carbocycles. The van der Waals surface area contributed by atoms with Crippen molar-refractivity contribution in [3.8, 4) is 0 Å². The third kappa shape index (κ3) is 6.11. The van der Waals surface area contributed by atoms with Crippen LogP contribution in [-0.2, 0) is 32.6 Å². The summed E-state index contributed by atoms with van der Waals surface area (Å²) in [4.78, 5) is 26.7. The molecular weight excluding hydrogens is 421 g/mol. The molecule has 1 fully saturated rings. The molecule has 7 nitrogen and oxygen atoms in total. The summed E-state index contributed by atoms with van der Waals surface area (Å²) in [6.45, 7) is 2.91. The summed E-state index contributed by atoms with van der Waals surface area (Å²) in [5.74, 6) is -0.643. The maximum absolute atomic E-state index is 13.6. The Morgan fingerprint density at radius 1 is 1.10 bits per heavy atom. The summed E-state index contributed by atoms with van der Waals surface area (Å²) in [6.07, 6.45) is 1.27. The molecule has 0 aromatic heterocycles. The topological polar surface area (TPSA) is 110 Å². The first kappa shape index (κ1) is 22.9. The monoisotopic (exact) mass is 447 g/mol. The third-order valence-electron chi connectivity index (χ3n) is 5.53. The number of primary sulfonamides is 1. The van der Waals surface area contributed by atoms with E-state index in [1.54, 1.807) is 36.1 Å². The Balaban J connectivity index is 1.46. The molecule has 3 rings (SSSR count). The molecule has 2 aromatic carbocycles. The van der Waals surface area contributed by atoms with Gasteiger partial charge in [0.05, 0.1) is 11.3 Å². The Hall–Kier alpha value is -2.78. The van der Waals surface area contributed by atoms with Gasteiger partial charge in [0.2, 0.25) is 21.8 Å². The zero-order valence-electron chi connectivity index (χ0n) is 17.3. The predicted octanol–water partition coefficient (Wildman–Crippen LogP) is 1.88. The molecule has 0 saturated carbocycles. The Morgan fingerprint density at radius 3 is 2.29 bits per heavy atom. The van der Waals surface area contributed by atoms with E-state index in [9.17, 15) is 22.4 Å². The number of benzene rings is 2. The van der Waals surface area contributed by atoms with Crippen LogP contribution in [0.3, 0.4) is 0 Å². The second-order valence-corrected chi connectivity index (χ2v) is 9.38. The number of nitrogens with two attached hydrogens (primary N) is 1. The summed E-state index contributed by atoms with van der Waals surface area (Å²) < 4.78 is 36.2. The van der Waals surface area contributed by atoms with Crippen molar-refractivity contribution in [2.24, 2.45) is 11.1 Å². The maximum atomic E-state index is 13.6. The number of piperidine rings is 1. The van der Waals surface area contributed by atoms with Gasteiger partial charge in [-0.3, -0.25) is 9.59 Å². The van der Waals surface area contributed by atoms with Gasteiger partial charge in [-0.25, -0.2) is 17.9 Å². The van der Waals surface area contributed by atoms with Crippen molar-refractivity contribution < 1.29 is 22.4 Å². The molecule has 2 amide bonds. The van der Waals surface area contributed by atoms with Crippen LogP contribution in [0.5, 0.6) is 0 Å². The van der Waals surface area contributed by atoms with E-state index in [1.165, 1.54) is 18.2 Å². The minimum Gasteiger partial charge on any atom is -0.352 e. The van der Waals surface area contributed by atoms with E-state index >= 15 is 0 Å². The molecule has 3 N–H and O–H groups in total. The highest BCUT2D eigenvalue weighted by molar-refractivity contribution is 7.89. The molecule has 2 aromatic rings. The van der Waals surface area contributed by atoms with Crippen molar-refractivity contribution in [1.82, 2.24) is 10.2 Å². The van der Waals surface area contributed by atoms with Crippen LogP contribution in [0.1, 0.15) is 29.5 Å². The first-order chi connectivity index (χ1) is 14.6. The molecule has 0 spiro atoms. The van der Waals surface area contributed by atoms with Crippen LogP contribution in [0.4, 0.5) is 4.39 Å². The highest BCUT2D eigenvalue weighted by Gasteiger charge is 2.27. The van der Waals surface area contributed by atoms with Crippen molar-refractivity contribution in [3.05, 3.63) is 65.0 Å². The number of hydrogen-bond donors (Lipinski definition) is 2. The minimum absolute atomic E-state index is 0.00361. The zero-order chi connectivity index (χ0) is 22.6. The SMILES string of the molecule is Cc1ccc(CNC(=O)C2CCN(C(=O)Cc3ccc(S(N)(=O)=O)cc3)CC2)cc1F. The molecule has 1 heterocycles. The first-order valence-electron chi connectivity index (χ1n) is 10.1. The van der Waals surface area contributed by atoms with E-state index in [-0.39, 0.29) is 41.4 Å². The van der Waals surface area contributed by atoms with E-state index in [0.29, 0.717) is 42.6 Å². The van der Waals surface area contributed by atoms with Crippen LogP contribution < -0.4 is 10.5 Å². The Morgan fingerprint density at radius 2 is 1.71 bits per heavy atom. The van der Waals surface area contributed by atoms with Crippen LogP contribution >= 0.6 is 0 Å². The number of carbonyl (C=O) groups is 2. The van der Waals surface area contributed by atoms with Crippen molar-refractivity contribution in [2.45, 2.75) is 37.6 Å². The molecule has 166 valence electrons. The summed E-state index contributed by atoms with van der Waals surface area (Å²) in [6, 6.07) is 10.8. The van der Waals surface area contributed by atoms with Gasteiger partial charge in [-0.2, -0.15) is 0 Å². The zero-order valence-corrected chi connectivity index (χ0v) is 18.1. The van der Waals surface area contributed by atoms with Crippen molar-refractivity contribution in [3.63, 3.8) is 0 Å². The summed E-state index contributed by atoms with van der Waals surface area (Å²) >= 11 is 0. The van der Waals surface area contributed by atoms with E-state index in [0.717, 1.165) is 0 Å². The van der Waals surface area contributed by atoms with E-state index < -0.39 is 10.0 Å². The largest absolute Gasteiger partial charge is 0.352 e. The van der Waals surface area contributed by atoms with Crippen LogP contribution in [0, 0.1) is 18.7 Å². The standard InChI is InChI=1S/C22H26FN3O4S/c1-15-2-3-17(12-20(15)23)14-25-22(28)18-8-10-26(11-9-18)21(27)13-16-4-6-19(7-5-16)31(24,29)30/h2-7,12,18H,8-11,13-14H2,1H3,(H,25,28)(H2,24,29,30). The van der Waals surface area contributed by atoms with E-state index in [2.05, 4.69) is 5.32 Å². The Kier molecular flexibility index (Phi) is 7.07. The summed E-state index contributed by atoms with van der Waals surface area (Å²) in [5.41, 5.74) is 1.97. The molecule has 1 aliphatic heterocycles. The molecule has 0 radical (unpaired) electrons. The Bertz CT molecular complexity index is 1060. The maximum Gasteiger partial charge on any atom is 0.238 e. The molecule has 1 saturated heterocycles. The van der Waals surface area contributed by atoms with Gasteiger partial charge in [0.15, 0.2) is 0 Å². The first-order valence-corrected chi connectivity index (χ1v) is 11.6. The number of rotatable bonds is 6. The number of amides is 2. The summed E-state index contributed by atoms with van der Waals surface area (Å²) in [5, 5.41) is 7.93. The predicted molar refractivity (Wildman–Crippen MR) is 114 cm³/mol. The van der Waals surface area contributed by atoms with Crippen LogP contribution in [0.25, 0.3) is 0 Å². The van der Waals surface area contributed by atoms with Crippen LogP contribution in [0.15, 0.2) is 47.4 Å². The number of halogens is 1. The fraction of sp³-hybridized carbons (Fsp3) is 0.364. The number of nitrogens with zero attached hydrogens (tertiary/aromatic N) is 1. The molecule has 0 atom stereocenters. The minimum atomic E-state index is -3.76. The molecule has 1 aliphatic rings. The second-order valence-electron chi connectivity index (χ2n) is 7.82. The highest BCUT2D eigenvalue weighted by Crippen LogP contribution is 2.19. The van der Waals surface area contributed by atoms with Crippen LogP contribution in [-0.4, -0.2) is 38.2 Å². The second kappa shape index (κ2) is 9.57. The lowest BCUT2D eigenvalue weighted by Gasteiger charge is -2.31. The number of hydrogen-bond acceptors (Lipinski definition) is 4. The average Bonchev–Trinajstić information content (AvgIpc) is 2.74. The van der Waals surface area contributed by atoms with Crippen molar-refractivity contribution in [1.29, 1.82) is 0 Å². The molecule has 0 bridgehead atoms. The smallest absolute Gasteiger partial charge is 0.238 e. The Labute approximate surface area is 181 Å². The van der Waals surface area contributed by atoms with Crippen molar-refractivity contribution in [2.75, 3.05) is 13.1 Å². The normalized spacial score (nSPS) is 15.0. The van der Waals surface area contributed by atoms with Gasteiger partial charge in [-0.15, -0.1) is 0 Å². The quantitative estimate of drug-likeness (QED) is 0.705. The van der Waals surface area contributed by atoms with Gasteiger partial charge in [0, 0.05) is 25.6 Å². The number of nitrogens with one attached hydrogen (secondary N) is 1. The van der Waals surface area contributed by atoms with Gasteiger partial charge in [-0.1, -0.05) is 24.3 Å². The average molecular weight is 448 g/mol. The van der Waals surface area contributed by atoms with Gasteiger partial charge >= 0.3 is 0 Å². The molecular formula is C22H26FN3O4S. The lowest BCUT2D eigenvalue weighted by atomic mass is 9.95. The number of carbonyl (C=O) groups excluding carboxylic acids is 2. The fourth-order valence-electron chi connectivity index (χ4n) is 3.55. The number of sulfonamides is 1. The molecule has 31 heavy (non-hydrogen) atoms. The number of aryl methyl sites for hydroxylation is 1. The van der Waals surface area contributed by atoms with Crippen LogP contribution in [0.2, 0.25) is 0 Å². The highest BCUT2D eigenvalue weighted by atomic mass is 32.2. The lowest BCUT2D eigenvalue weighted by Crippen LogP contribution is -2.43. The van der Waals surface area contributed by atoms with Gasteiger partial charge in [0.25, 0.3) is 0 Å². The molecule has 9 heteroatoms. The lowest BCUT2D eigenvalue weighted by molar-refractivity contribution is -0.135. The third-order valence-corrected chi connectivity index (χ3v) is 6.46. The fourth-order valence-corrected chi connectivity index (χ4v) is 4.07. The van der Waals surface area contributed by atoms with Gasteiger partial charge < -0.3 is 10.2 Å². The van der Waals surface area contributed by atoms with E-state index in [1.807, 2.05) is 0 Å². The van der Waals surface area contributed by atoms with Gasteiger partial charge in [-0.05, 0) is 54.7 Å². The van der Waals surface area contributed by atoms with E-state index in [4.69, 9.17) is 5.14 Å².